The van der Waals surface area contributed by atoms with Crippen LogP contribution in [0, 0.1) is 13.8 Å². The molecule has 2 aromatic carbocycles. The topological polar surface area (TPSA) is 89.9 Å². The molecule has 0 aliphatic carbocycles. The Labute approximate surface area is 194 Å². The van der Waals surface area contributed by atoms with E-state index < -0.39 is 0 Å². The van der Waals surface area contributed by atoms with Crippen molar-refractivity contribution in [2.75, 3.05) is 5.32 Å². The second kappa shape index (κ2) is 8.76. The maximum atomic E-state index is 11.0. The van der Waals surface area contributed by atoms with E-state index in [4.69, 9.17) is 4.74 Å². The second-order valence-corrected chi connectivity index (χ2v) is 8.54. The molecule has 0 saturated heterocycles. The Hall–Kier alpha value is -4.17. The maximum Gasteiger partial charge on any atom is 0.161 e. The third-order valence-electron chi connectivity index (χ3n) is 5.06. The molecular weight excluding hydrogens is 434 g/mol. The van der Waals surface area contributed by atoms with Crippen molar-refractivity contribution in [1.82, 2.24) is 19.9 Å². The van der Waals surface area contributed by atoms with Crippen molar-refractivity contribution in [1.29, 1.82) is 0 Å². The zero-order valence-corrected chi connectivity index (χ0v) is 18.8. The number of anilines is 2. The van der Waals surface area contributed by atoms with E-state index in [0.717, 1.165) is 56.2 Å². The monoisotopic (exact) mass is 453 g/mol. The van der Waals surface area contributed by atoms with Gasteiger partial charge in [-0.3, -0.25) is 9.78 Å². The number of nitrogens with zero attached hydrogens (tertiary/aromatic N) is 4. The molecule has 0 saturated carbocycles. The highest BCUT2D eigenvalue weighted by atomic mass is 32.1. The Morgan fingerprint density at radius 3 is 2.67 bits per heavy atom. The SMILES string of the molecule is Cc1cc(Oc2ccc(Nc3ncnc4ccc(-c5ncc(C=O)s5)cc34)cc2C)ccn1. The molecule has 7 nitrogen and oxygen atoms in total. The van der Waals surface area contributed by atoms with Crippen LogP contribution < -0.4 is 10.1 Å². The Bertz CT molecular complexity index is 1480. The van der Waals surface area contributed by atoms with Crippen LogP contribution in [-0.2, 0) is 0 Å². The van der Waals surface area contributed by atoms with Gasteiger partial charge < -0.3 is 10.1 Å². The summed E-state index contributed by atoms with van der Waals surface area (Å²) in [5, 5.41) is 5.03. The summed E-state index contributed by atoms with van der Waals surface area (Å²) < 4.78 is 6.02. The number of thiazole rings is 1. The highest BCUT2D eigenvalue weighted by molar-refractivity contribution is 7.16. The average Bonchev–Trinajstić information content (AvgIpc) is 3.30. The van der Waals surface area contributed by atoms with E-state index in [9.17, 15) is 4.79 Å². The van der Waals surface area contributed by atoms with Crippen molar-refractivity contribution < 1.29 is 9.53 Å². The molecule has 33 heavy (non-hydrogen) atoms. The lowest BCUT2D eigenvalue weighted by Gasteiger charge is -2.13. The van der Waals surface area contributed by atoms with Crippen molar-refractivity contribution in [2.45, 2.75) is 13.8 Å². The van der Waals surface area contributed by atoms with Crippen molar-refractivity contribution in [2.24, 2.45) is 0 Å². The molecule has 5 aromatic rings. The fourth-order valence-electron chi connectivity index (χ4n) is 3.45. The molecule has 3 heterocycles. The molecule has 0 bridgehead atoms. The fraction of sp³-hybridized carbons (Fsp3) is 0.0800. The van der Waals surface area contributed by atoms with Crippen LogP contribution in [0.4, 0.5) is 11.5 Å². The summed E-state index contributed by atoms with van der Waals surface area (Å²) in [6.45, 7) is 3.93. The van der Waals surface area contributed by atoms with E-state index in [1.54, 1.807) is 12.4 Å². The first-order chi connectivity index (χ1) is 16.1. The molecule has 0 spiro atoms. The fourth-order valence-corrected chi connectivity index (χ4v) is 4.18. The van der Waals surface area contributed by atoms with Crippen LogP contribution in [0.15, 0.2) is 67.3 Å². The minimum absolute atomic E-state index is 0.590. The number of aromatic nitrogens is 4. The number of rotatable bonds is 6. The van der Waals surface area contributed by atoms with Gasteiger partial charge in [-0.1, -0.05) is 0 Å². The number of aldehydes is 1. The first kappa shape index (κ1) is 20.7. The molecule has 0 aliphatic heterocycles. The van der Waals surface area contributed by atoms with Gasteiger partial charge in [-0.25, -0.2) is 15.0 Å². The normalized spacial score (nSPS) is 10.8. The van der Waals surface area contributed by atoms with E-state index in [2.05, 4.69) is 25.3 Å². The number of hydrogen-bond donors (Lipinski definition) is 1. The Morgan fingerprint density at radius 1 is 0.970 bits per heavy atom. The third kappa shape index (κ3) is 4.42. The second-order valence-electron chi connectivity index (χ2n) is 7.48. The van der Waals surface area contributed by atoms with Gasteiger partial charge in [0.15, 0.2) is 6.29 Å². The molecule has 0 atom stereocenters. The third-order valence-corrected chi connectivity index (χ3v) is 6.03. The summed E-state index contributed by atoms with van der Waals surface area (Å²) in [5.41, 5.74) is 4.49. The lowest BCUT2D eigenvalue weighted by molar-refractivity contribution is 0.112. The van der Waals surface area contributed by atoms with Crippen LogP contribution >= 0.6 is 11.3 Å². The van der Waals surface area contributed by atoms with Crippen molar-refractivity contribution in [3.8, 4) is 22.1 Å². The van der Waals surface area contributed by atoms with E-state index >= 15 is 0 Å². The van der Waals surface area contributed by atoms with Gasteiger partial charge in [-0.15, -0.1) is 11.3 Å². The predicted molar refractivity (Wildman–Crippen MR) is 130 cm³/mol. The zero-order chi connectivity index (χ0) is 22.8. The summed E-state index contributed by atoms with van der Waals surface area (Å²) in [6.07, 6.45) is 5.66. The number of benzene rings is 2. The van der Waals surface area contributed by atoms with Crippen LogP contribution in [-0.4, -0.2) is 26.2 Å². The number of fused-ring (bicyclic) bond motifs is 1. The van der Waals surface area contributed by atoms with Gasteiger partial charge >= 0.3 is 0 Å². The summed E-state index contributed by atoms with van der Waals surface area (Å²) >= 11 is 1.35. The molecule has 8 heteroatoms. The first-order valence-corrected chi connectivity index (χ1v) is 11.0. The van der Waals surface area contributed by atoms with Gasteiger partial charge in [0, 0.05) is 40.8 Å². The van der Waals surface area contributed by atoms with Crippen LogP contribution in [0.3, 0.4) is 0 Å². The van der Waals surface area contributed by atoms with Crippen LogP contribution in [0.1, 0.15) is 20.9 Å². The summed E-state index contributed by atoms with van der Waals surface area (Å²) in [4.78, 5) is 29.0. The Balaban J connectivity index is 1.44. The van der Waals surface area contributed by atoms with Gasteiger partial charge in [-0.05, 0) is 61.9 Å². The molecule has 0 amide bonds. The zero-order valence-electron chi connectivity index (χ0n) is 17.9. The number of hydrogen-bond acceptors (Lipinski definition) is 8. The number of ether oxygens (including phenoxy) is 1. The van der Waals surface area contributed by atoms with Crippen molar-refractivity contribution >= 4 is 40.0 Å². The number of carbonyl (C=O) groups is 1. The van der Waals surface area contributed by atoms with E-state index in [1.165, 1.54) is 17.7 Å². The van der Waals surface area contributed by atoms with Gasteiger partial charge in [0.1, 0.15) is 28.7 Å². The molecular formula is C25H19N5O2S. The van der Waals surface area contributed by atoms with Crippen molar-refractivity contribution in [3.05, 3.63) is 83.4 Å². The largest absolute Gasteiger partial charge is 0.457 e. The van der Waals surface area contributed by atoms with Gasteiger partial charge in [0.05, 0.1) is 10.4 Å². The molecule has 5 rings (SSSR count). The van der Waals surface area contributed by atoms with Crippen LogP contribution in [0.2, 0.25) is 0 Å². The van der Waals surface area contributed by atoms with Gasteiger partial charge in [0.2, 0.25) is 0 Å². The molecule has 1 N–H and O–H groups in total. The van der Waals surface area contributed by atoms with E-state index in [1.807, 2.05) is 62.4 Å². The predicted octanol–water partition coefficient (Wildman–Crippen LogP) is 6.11. The Morgan fingerprint density at radius 2 is 1.88 bits per heavy atom. The van der Waals surface area contributed by atoms with Gasteiger partial charge in [-0.2, -0.15) is 0 Å². The first-order valence-electron chi connectivity index (χ1n) is 10.2. The van der Waals surface area contributed by atoms with E-state index in [-0.39, 0.29) is 0 Å². The van der Waals surface area contributed by atoms with Crippen LogP contribution in [0.5, 0.6) is 11.5 Å². The number of nitrogens with one attached hydrogen (secondary N) is 1. The summed E-state index contributed by atoms with van der Waals surface area (Å²) in [7, 11) is 0. The molecule has 0 aliphatic rings. The standard InChI is InChI=1S/C25H19N5O2S/c1-15-9-18(4-6-23(15)32-19-7-8-26-16(2)10-19)30-24-21-11-17(3-5-22(21)28-14-29-24)25-27-12-20(13-31)33-25/h3-14H,1-2H3,(H,28,29,30). The summed E-state index contributed by atoms with van der Waals surface area (Å²) in [6, 6.07) is 15.5. The number of pyridine rings is 1. The molecule has 0 unspecified atom stereocenters. The molecule has 0 fully saturated rings. The molecule has 162 valence electrons. The maximum absolute atomic E-state index is 11.0. The average molecular weight is 454 g/mol. The van der Waals surface area contributed by atoms with E-state index in [0.29, 0.717) is 10.7 Å². The highest BCUT2D eigenvalue weighted by Gasteiger charge is 2.10. The smallest absolute Gasteiger partial charge is 0.161 e. The molecule has 0 radical (unpaired) electrons. The Kier molecular flexibility index (Phi) is 5.50. The summed E-state index contributed by atoms with van der Waals surface area (Å²) in [5.74, 6) is 2.21. The molecule has 3 aromatic heterocycles. The quantitative estimate of drug-likeness (QED) is 0.310. The lowest BCUT2D eigenvalue weighted by atomic mass is 10.1. The van der Waals surface area contributed by atoms with Gasteiger partial charge in [0.25, 0.3) is 0 Å². The number of carbonyl (C=O) groups excluding carboxylic acids is 1. The minimum atomic E-state index is 0.590. The lowest BCUT2D eigenvalue weighted by Crippen LogP contribution is -1.97. The van der Waals surface area contributed by atoms with Crippen molar-refractivity contribution in [3.63, 3.8) is 0 Å². The number of aryl methyl sites for hydroxylation is 2. The minimum Gasteiger partial charge on any atom is -0.457 e. The van der Waals surface area contributed by atoms with Crippen LogP contribution in [0.25, 0.3) is 21.5 Å². The highest BCUT2D eigenvalue weighted by Crippen LogP contribution is 2.32.